The summed E-state index contributed by atoms with van der Waals surface area (Å²) in [5.74, 6) is -1.92. The molecule has 0 aliphatic heterocycles. The molecule has 1 heterocycles. The predicted octanol–water partition coefficient (Wildman–Crippen LogP) is 2.54. The maximum Gasteiger partial charge on any atom is 0.341 e. The Morgan fingerprint density at radius 3 is 2.43 bits per heavy atom. The number of esters is 1. The largest absolute Gasteiger partial charge is 0.465 e. The molecular weight excluding hydrogens is 368 g/mol. The van der Waals surface area contributed by atoms with Crippen LogP contribution in [0.5, 0.6) is 0 Å². The van der Waals surface area contributed by atoms with Crippen LogP contribution in [0.2, 0.25) is 5.15 Å². The Hall–Kier alpha value is -1.28. The van der Waals surface area contributed by atoms with Crippen molar-refractivity contribution in [2.45, 2.75) is 3.79 Å². The average Bonchev–Trinajstić information content (AvgIpc) is 2.36. The number of hydrogen-bond donors (Lipinski definition) is 2. The number of hydrogen-bond acceptors (Lipinski definition) is 5. The van der Waals surface area contributed by atoms with Crippen LogP contribution in [0.15, 0.2) is 12.3 Å². The number of anilines is 1. The lowest BCUT2D eigenvalue weighted by molar-refractivity contribution is -0.119. The third-order valence-corrected chi connectivity index (χ3v) is 2.73. The Morgan fingerprint density at radius 1 is 1.29 bits per heavy atom. The molecule has 0 radical (unpaired) electrons. The number of pyridine rings is 1. The molecule has 11 heteroatoms. The smallest absolute Gasteiger partial charge is 0.341 e. The maximum absolute atomic E-state index is 11.6. The molecule has 0 atom stereocenters. The molecule has 3 amide bonds. The Morgan fingerprint density at radius 2 is 1.90 bits per heavy atom. The molecule has 0 saturated heterocycles. The van der Waals surface area contributed by atoms with Crippen molar-refractivity contribution in [1.29, 1.82) is 0 Å². The van der Waals surface area contributed by atoms with E-state index in [0.717, 1.165) is 13.3 Å². The number of amides is 3. The molecule has 1 rings (SSSR count). The van der Waals surface area contributed by atoms with Gasteiger partial charge in [0.25, 0.3) is 9.70 Å². The number of carbonyl (C=O) groups excluding carboxylic acids is 3. The molecule has 0 spiro atoms. The number of nitrogens with zero attached hydrogens (tertiary/aromatic N) is 1. The van der Waals surface area contributed by atoms with Crippen LogP contribution in [-0.2, 0) is 9.53 Å². The van der Waals surface area contributed by atoms with Gasteiger partial charge in [-0.05, 0) is 6.07 Å². The minimum Gasteiger partial charge on any atom is -0.465 e. The van der Waals surface area contributed by atoms with Crippen molar-refractivity contribution < 1.29 is 19.1 Å². The van der Waals surface area contributed by atoms with E-state index in [9.17, 15) is 14.4 Å². The van der Waals surface area contributed by atoms with Gasteiger partial charge in [-0.15, -0.1) is 0 Å². The minimum absolute atomic E-state index is 0.00524. The fourth-order valence-corrected chi connectivity index (χ4v) is 1.43. The lowest BCUT2D eigenvalue weighted by Gasteiger charge is -2.13. The molecule has 114 valence electrons. The van der Waals surface area contributed by atoms with Crippen LogP contribution in [0.1, 0.15) is 10.4 Å². The van der Waals surface area contributed by atoms with E-state index >= 15 is 0 Å². The second-order valence-electron chi connectivity index (χ2n) is 3.45. The zero-order chi connectivity index (χ0) is 16.2. The van der Waals surface area contributed by atoms with Crippen LogP contribution in [0.25, 0.3) is 0 Å². The Kier molecular flexibility index (Phi) is 6.03. The standard InChI is InChI=1S/C10H7Cl4N3O4/c1-21-7(18)4-3-15-6(11)2-5(4)16-9(20)17-8(19)10(12,13)14/h2-3H,1H3,(H2,15,16,17,19,20). The highest BCUT2D eigenvalue weighted by atomic mass is 35.6. The molecule has 0 aliphatic rings. The number of methoxy groups -OCH3 is 1. The first-order chi connectivity index (χ1) is 9.65. The predicted molar refractivity (Wildman–Crippen MR) is 78.0 cm³/mol. The molecule has 21 heavy (non-hydrogen) atoms. The van der Waals surface area contributed by atoms with E-state index in [4.69, 9.17) is 46.4 Å². The lowest BCUT2D eigenvalue weighted by Crippen LogP contribution is -2.41. The number of halogens is 4. The summed E-state index contributed by atoms with van der Waals surface area (Å²) in [6.45, 7) is 0. The van der Waals surface area contributed by atoms with Gasteiger partial charge in [-0.3, -0.25) is 10.1 Å². The van der Waals surface area contributed by atoms with Gasteiger partial charge in [-0.25, -0.2) is 14.6 Å². The van der Waals surface area contributed by atoms with Crippen molar-refractivity contribution in [3.05, 3.63) is 23.0 Å². The Balaban J connectivity index is 2.92. The number of carbonyl (C=O) groups is 3. The Labute approximate surface area is 138 Å². The van der Waals surface area contributed by atoms with Crippen molar-refractivity contribution in [3.63, 3.8) is 0 Å². The number of aromatic nitrogens is 1. The minimum atomic E-state index is -2.31. The van der Waals surface area contributed by atoms with Crippen LogP contribution >= 0.6 is 46.4 Å². The first-order valence-electron chi connectivity index (χ1n) is 5.08. The van der Waals surface area contributed by atoms with Crippen LogP contribution in [-0.4, -0.2) is 33.8 Å². The molecule has 0 fully saturated rings. The SMILES string of the molecule is COC(=O)c1cnc(Cl)cc1NC(=O)NC(=O)C(Cl)(Cl)Cl. The van der Waals surface area contributed by atoms with Crippen LogP contribution in [0.3, 0.4) is 0 Å². The van der Waals surface area contributed by atoms with Crippen molar-refractivity contribution >= 4 is 70.0 Å². The van der Waals surface area contributed by atoms with Gasteiger partial charge in [0.15, 0.2) is 0 Å². The highest BCUT2D eigenvalue weighted by molar-refractivity contribution is 6.76. The number of imide groups is 1. The summed E-state index contributed by atoms with van der Waals surface area (Å²) in [6, 6.07) is 0.159. The molecule has 0 saturated carbocycles. The summed E-state index contributed by atoms with van der Waals surface area (Å²) in [6.07, 6.45) is 1.10. The number of ether oxygens (including phenoxy) is 1. The fraction of sp³-hybridized carbons (Fsp3) is 0.200. The summed E-state index contributed by atoms with van der Waals surface area (Å²) >= 11 is 21.5. The van der Waals surface area contributed by atoms with Crippen LogP contribution in [0.4, 0.5) is 10.5 Å². The highest BCUT2D eigenvalue weighted by Gasteiger charge is 2.32. The van der Waals surface area contributed by atoms with Gasteiger partial charge >= 0.3 is 12.0 Å². The number of urea groups is 1. The lowest BCUT2D eigenvalue weighted by atomic mass is 10.2. The first kappa shape index (κ1) is 17.8. The summed E-state index contributed by atoms with van der Waals surface area (Å²) in [5, 5.41) is 3.97. The van der Waals surface area contributed by atoms with E-state index in [0.29, 0.717) is 0 Å². The first-order valence-corrected chi connectivity index (χ1v) is 6.59. The van der Waals surface area contributed by atoms with E-state index in [1.807, 2.05) is 0 Å². The molecule has 7 nitrogen and oxygen atoms in total. The third-order valence-electron chi connectivity index (χ3n) is 2.01. The van der Waals surface area contributed by atoms with Gasteiger partial charge in [0, 0.05) is 6.20 Å². The van der Waals surface area contributed by atoms with Crippen molar-refractivity contribution in [2.24, 2.45) is 0 Å². The van der Waals surface area contributed by atoms with Gasteiger partial charge in [0.05, 0.1) is 12.8 Å². The number of alkyl halides is 3. The van der Waals surface area contributed by atoms with Gasteiger partial charge in [0.1, 0.15) is 10.7 Å². The van der Waals surface area contributed by atoms with E-state index < -0.39 is 21.7 Å². The van der Waals surface area contributed by atoms with Gasteiger partial charge in [-0.1, -0.05) is 46.4 Å². The van der Waals surface area contributed by atoms with Gasteiger partial charge in [0.2, 0.25) is 0 Å². The van der Waals surface area contributed by atoms with E-state index in [-0.39, 0.29) is 16.4 Å². The van der Waals surface area contributed by atoms with Crippen molar-refractivity contribution in [1.82, 2.24) is 10.3 Å². The van der Waals surface area contributed by atoms with Crippen molar-refractivity contribution in [3.8, 4) is 0 Å². The zero-order valence-electron chi connectivity index (χ0n) is 10.2. The van der Waals surface area contributed by atoms with E-state index in [1.165, 1.54) is 6.07 Å². The topological polar surface area (TPSA) is 97.4 Å². The molecule has 0 aliphatic carbocycles. The number of rotatable bonds is 2. The summed E-state index contributed by atoms with van der Waals surface area (Å²) < 4.78 is 2.20. The Bertz CT molecular complexity index is 588. The molecule has 1 aromatic heterocycles. The summed E-state index contributed by atoms with van der Waals surface area (Å²) in [7, 11) is 1.15. The van der Waals surface area contributed by atoms with Crippen molar-refractivity contribution in [2.75, 3.05) is 12.4 Å². The molecule has 2 N–H and O–H groups in total. The summed E-state index contributed by atoms with van der Waals surface area (Å²) in [4.78, 5) is 38.1. The second kappa shape index (κ2) is 7.13. The fourth-order valence-electron chi connectivity index (χ4n) is 1.13. The molecular formula is C10H7Cl4N3O4. The quantitative estimate of drug-likeness (QED) is 0.471. The second-order valence-corrected chi connectivity index (χ2v) is 6.12. The summed E-state index contributed by atoms with van der Waals surface area (Å²) in [5.41, 5.74) is -0.102. The number of nitrogens with one attached hydrogen (secondary N) is 2. The normalized spacial score (nSPS) is 10.7. The average molecular weight is 375 g/mol. The maximum atomic E-state index is 11.6. The van der Waals surface area contributed by atoms with E-state index in [1.54, 1.807) is 5.32 Å². The van der Waals surface area contributed by atoms with Gasteiger partial charge < -0.3 is 10.1 Å². The van der Waals surface area contributed by atoms with Crippen LogP contribution < -0.4 is 10.6 Å². The molecule has 1 aromatic rings. The van der Waals surface area contributed by atoms with Gasteiger partial charge in [-0.2, -0.15) is 0 Å². The molecule has 0 aromatic carbocycles. The third kappa shape index (κ3) is 5.20. The molecule has 0 unspecified atom stereocenters. The highest BCUT2D eigenvalue weighted by Crippen LogP contribution is 2.26. The zero-order valence-corrected chi connectivity index (χ0v) is 13.3. The van der Waals surface area contributed by atoms with Crippen LogP contribution in [0, 0.1) is 0 Å². The molecule has 0 bridgehead atoms. The monoisotopic (exact) mass is 373 g/mol. The van der Waals surface area contributed by atoms with E-state index in [2.05, 4.69) is 15.0 Å².